The zero-order valence-electron chi connectivity index (χ0n) is 18.2. The van der Waals surface area contributed by atoms with Crippen LogP contribution >= 0.6 is 0 Å². The SMILES string of the molecule is C[C@H](NC(=O)c1ccc(C(C)(C)C)cc1)C(=O)OCC(=O)N[C@@H](C)c1ccccc1. The Labute approximate surface area is 178 Å². The van der Waals surface area contributed by atoms with Crippen LogP contribution < -0.4 is 10.6 Å². The molecule has 0 radical (unpaired) electrons. The number of carbonyl (C=O) groups excluding carboxylic acids is 3. The number of hydrogen-bond donors (Lipinski definition) is 2. The summed E-state index contributed by atoms with van der Waals surface area (Å²) < 4.78 is 5.04. The maximum atomic E-state index is 12.4. The predicted molar refractivity (Wildman–Crippen MR) is 116 cm³/mol. The quantitative estimate of drug-likeness (QED) is 0.684. The lowest BCUT2D eigenvalue weighted by Crippen LogP contribution is -2.41. The van der Waals surface area contributed by atoms with Gasteiger partial charge in [-0.25, -0.2) is 4.79 Å². The van der Waals surface area contributed by atoms with Gasteiger partial charge in [-0.1, -0.05) is 63.2 Å². The Morgan fingerprint density at radius 2 is 1.50 bits per heavy atom. The summed E-state index contributed by atoms with van der Waals surface area (Å²) >= 11 is 0. The van der Waals surface area contributed by atoms with Gasteiger partial charge in [-0.15, -0.1) is 0 Å². The molecule has 6 nitrogen and oxygen atoms in total. The maximum absolute atomic E-state index is 12.4. The van der Waals surface area contributed by atoms with Crippen LogP contribution in [0.1, 0.15) is 62.1 Å². The minimum Gasteiger partial charge on any atom is -0.454 e. The van der Waals surface area contributed by atoms with Crippen LogP contribution in [0.2, 0.25) is 0 Å². The average molecular weight is 411 g/mol. The van der Waals surface area contributed by atoms with E-state index in [-0.39, 0.29) is 17.4 Å². The van der Waals surface area contributed by atoms with Gasteiger partial charge in [0.05, 0.1) is 6.04 Å². The zero-order valence-corrected chi connectivity index (χ0v) is 18.2. The molecule has 2 atom stereocenters. The fourth-order valence-electron chi connectivity index (χ4n) is 2.83. The molecule has 0 unspecified atom stereocenters. The van der Waals surface area contributed by atoms with Crippen LogP contribution in [0.5, 0.6) is 0 Å². The van der Waals surface area contributed by atoms with Crippen LogP contribution in [-0.4, -0.2) is 30.4 Å². The molecule has 2 aromatic carbocycles. The van der Waals surface area contributed by atoms with E-state index >= 15 is 0 Å². The minimum absolute atomic E-state index is 0.00924. The molecule has 0 saturated heterocycles. The number of esters is 1. The van der Waals surface area contributed by atoms with Crippen LogP contribution in [0, 0.1) is 0 Å². The second-order valence-electron chi connectivity index (χ2n) is 8.33. The first kappa shape index (κ1) is 23.1. The van der Waals surface area contributed by atoms with Crippen molar-refractivity contribution in [1.82, 2.24) is 10.6 Å². The van der Waals surface area contributed by atoms with Crippen molar-refractivity contribution in [2.75, 3.05) is 6.61 Å². The van der Waals surface area contributed by atoms with Crippen LogP contribution in [0.4, 0.5) is 0 Å². The lowest BCUT2D eigenvalue weighted by molar-refractivity contribution is -0.150. The molecule has 0 aliphatic carbocycles. The molecule has 0 spiro atoms. The largest absolute Gasteiger partial charge is 0.454 e. The van der Waals surface area contributed by atoms with Crippen molar-refractivity contribution in [2.24, 2.45) is 0 Å². The first-order valence-electron chi connectivity index (χ1n) is 10.0. The number of benzene rings is 2. The van der Waals surface area contributed by atoms with E-state index in [1.54, 1.807) is 12.1 Å². The normalized spacial score (nSPS) is 13.1. The molecule has 2 rings (SSSR count). The maximum Gasteiger partial charge on any atom is 0.328 e. The zero-order chi connectivity index (χ0) is 22.3. The van der Waals surface area contributed by atoms with Crippen LogP contribution in [0.3, 0.4) is 0 Å². The van der Waals surface area contributed by atoms with Gasteiger partial charge in [-0.2, -0.15) is 0 Å². The van der Waals surface area contributed by atoms with Crippen LogP contribution in [-0.2, 0) is 19.7 Å². The molecule has 0 aliphatic rings. The van der Waals surface area contributed by atoms with Crippen LogP contribution in [0.15, 0.2) is 54.6 Å². The van der Waals surface area contributed by atoms with E-state index in [4.69, 9.17) is 4.74 Å². The molecule has 0 bridgehead atoms. The van der Waals surface area contributed by atoms with E-state index in [0.29, 0.717) is 5.56 Å². The van der Waals surface area contributed by atoms with Gasteiger partial charge < -0.3 is 15.4 Å². The van der Waals surface area contributed by atoms with Gasteiger partial charge in [-0.3, -0.25) is 9.59 Å². The molecule has 0 aliphatic heterocycles. The molecule has 30 heavy (non-hydrogen) atoms. The van der Waals surface area contributed by atoms with Crippen molar-refractivity contribution in [1.29, 1.82) is 0 Å². The lowest BCUT2D eigenvalue weighted by atomic mass is 9.86. The molecule has 2 N–H and O–H groups in total. The first-order valence-corrected chi connectivity index (χ1v) is 10.0. The Kier molecular flexibility index (Phi) is 7.75. The lowest BCUT2D eigenvalue weighted by Gasteiger charge is -2.19. The van der Waals surface area contributed by atoms with E-state index in [2.05, 4.69) is 31.4 Å². The summed E-state index contributed by atoms with van der Waals surface area (Å²) in [6, 6.07) is 15.7. The van der Waals surface area contributed by atoms with Gasteiger partial charge in [0.1, 0.15) is 6.04 Å². The summed E-state index contributed by atoms with van der Waals surface area (Å²) in [6.07, 6.45) is 0. The van der Waals surface area contributed by atoms with Crippen molar-refractivity contribution in [2.45, 2.75) is 52.1 Å². The number of rotatable bonds is 7. The standard InChI is InChI=1S/C24H30N2O4/c1-16(18-9-7-6-8-10-18)25-21(27)15-30-23(29)17(2)26-22(28)19-11-13-20(14-12-19)24(3,4)5/h6-14,16-17H,15H2,1-5H3,(H,25,27)(H,26,28)/t16-,17-/m0/s1. The number of amides is 2. The third kappa shape index (κ3) is 6.72. The van der Waals surface area contributed by atoms with Crippen molar-refractivity contribution in [3.63, 3.8) is 0 Å². The highest BCUT2D eigenvalue weighted by atomic mass is 16.5. The molecular weight excluding hydrogens is 380 g/mol. The Balaban J connectivity index is 1.81. The summed E-state index contributed by atoms with van der Waals surface area (Å²) in [5, 5.41) is 5.37. The topological polar surface area (TPSA) is 84.5 Å². The summed E-state index contributed by atoms with van der Waals surface area (Å²) in [5.74, 6) is -1.45. The molecule has 160 valence electrons. The first-order chi connectivity index (χ1) is 14.1. The van der Waals surface area contributed by atoms with Gasteiger partial charge in [0.15, 0.2) is 6.61 Å². The molecule has 0 aromatic heterocycles. The second-order valence-corrected chi connectivity index (χ2v) is 8.33. The second kappa shape index (κ2) is 10.1. The molecule has 0 saturated carbocycles. The highest BCUT2D eigenvalue weighted by Crippen LogP contribution is 2.22. The predicted octanol–water partition coefficient (Wildman–Crippen LogP) is 3.52. The van der Waals surface area contributed by atoms with Crippen molar-refractivity contribution in [3.05, 3.63) is 71.3 Å². The van der Waals surface area contributed by atoms with Gasteiger partial charge in [0.2, 0.25) is 0 Å². The molecule has 6 heteroatoms. The average Bonchev–Trinajstić information content (AvgIpc) is 2.72. The smallest absolute Gasteiger partial charge is 0.328 e. The summed E-state index contributed by atoms with van der Waals surface area (Å²) in [6.45, 7) is 9.25. The Hall–Kier alpha value is -3.15. The number of ether oxygens (including phenoxy) is 1. The minimum atomic E-state index is -0.876. The van der Waals surface area contributed by atoms with Gasteiger partial charge >= 0.3 is 5.97 Å². The van der Waals surface area contributed by atoms with Gasteiger partial charge in [-0.05, 0) is 42.5 Å². The van der Waals surface area contributed by atoms with Crippen molar-refractivity contribution < 1.29 is 19.1 Å². The highest BCUT2D eigenvalue weighted by molar-refractivity contribution is 5.96. The van der Waals surface area contributed by atoms with E-state index < -0.39 is 24.5 Å². The Bertz CT molecular complexity index is 870. The van der Waals surface area contributed by atoms with E-state index in [0.717, 1.165) is 11.1 Å². The van der Waals surface area contributed by atoms with Crippen molar-refractivity contribution in [3.8, 4) is 0 Å². The number of nitrogens with one attached hydrogen (secondary N) is 2. The van der Waals surface area contributed by atoms with E-state index in [1.165, 1.54) is 6.92 Å². The van der Waals surface area contributed by atoms with Gasteiger partial charge in [0, 0.05) is 5.56 Å². The summed E-state index contributed by atoms with van der Waals surface area (Å²) in [7, 11) is 0. The molecule has 0 heterocycles. The van der Waals surface area contributed by atoms with Gasteiger partial charge in [0.25, 0.3) is 11.8 Å². The monoisotopic (exact) mass is 410 g/mol. The molecular formula is C24H30N2O4. The molecule has 0 fully saturated rings. The van der Waals surface area contributed by atoms with Crippen molar-refractivity contribution >= 4 is 17.8 Å². The third-order valence-corrected chi connectivity index (χ3v) is 4.74. The molecule has 2 amide bonds. The fraction of sp³-hybridized carbons (Fsp3) is 0.375. The summed E-state index contributed by atoms with van der Waals surface area (Å²) in [5.41, 5.74) is 2.51. The summed E-state index contributed by atoms with van der Waals surface area (Å²) in [4.78, 5) is 36.5. The number of hydrogen-bond acceptors (Lipinski definition) is 4. The Morgan fingerprint density at radius 1 is 0.900 bits per heavy atom. The fourth-order valence-corrected chi connectivity index (χ4v) is 2.83. The third-order valence-electron chi connectivity index (χ3n) is 4.74. The van der Waals surface area contributed by atoms with E-state index in [1.807, 2.05) is 49.4 Å². The van der Waals surface area contributed by atoms with E-state index in [9.17, 15) is 14.4 Å². The number of carbonyl (C=O) groups is 3. The highest BCUT2D eigenvalue weighted by Gasteiger charge is 2.20. The Morgan fingerprint density at radius 3 is 2.07 bits per heavy atom. The van der Waals surface area contributed by atoms with Crippen LogP contribution in [0.25, 0.3) is 0 Å². The molecule has 2 aromatic rings.